The van der Waals surface area contributed by atoms with Crippen LogP contribution in [-0.4, -0.2) is 82.0 Å². The van der Waals surface area contributed by atoms with Crippen LogP contribution in [0.3, 0.4) is 0 Å². The summed E-state index contributed by atoms with van der Waals surface area (Å²) in [6, 6.07) is 10.2. The van der Waals surface area contributed by atoms with E-state index in [9.17, 15) is 4.79 Å². The number of thioether (sulfide) groups is 1. The number of fused-ring (bicyclic) bond motifs is 1. The quantitative estimate of drug-likeness (QED) is 0.565. The van der Waals surface area contributed by atoms with Crippen LogP contribution in [0.2, 0.25) is 0 Å². The largest absolute Gasteiger partial charge is 0.364 e. The molecule has 0 atom stereocenters. The number of hydrogen-bond donors (Lipinski definition) is 1. The molecule has 10 heteroatoms. The fourth-order valence-corrected chi connectivity index (χ4v) is 4.90. The normalized spacial score (nSPS) is 16.9. The Kier molecular flexibility index (Phi) is 6.20. The Labute approximate surface area is 191 Å². The maximum Gasteiger partial charge on any atom is 0.228 e. The SMILES string of the molecule is O=CN1CCN(c2nc(N3CCSCC3)c3ncnc(NCc4ccccc4)c3n2)CC1. The maximum atomic E-state index is 11.1. The van der Waals surface area contributed by atoms with E-state index in [0.717, 1.165) is 47.9 Å². The lowest BCUT2D eigenvalue weighted by Gasteiger charge is -2.34. The highest BCUT2D eigenvalue weighted by Crippen LogP contribution is 2.30. The summed E-state index contributed by atoms with van der Waals surface area (Å²) < 4.78 is 0. The maximum absolute atomic E-state index is 11.1. The van der Waals surface area contributed by atoms with Gasteiger partial charge in [0.15, 0.2) is 11.6 Å². The van der Waals surface area contributed by atoms with E-state index in [-0.39, 0.29) is 0 Å². The fraction of sp³-hybridized carbons (Fsp3) is 0.409. The van der Waals surface area contributed by atoms with Gasteiger partial charge in [0.25, 0.3) is 0 Å². The van der Waals surface area contributed by atoms with Gasteiger partial charge in [-0.2, -0.15) is 16.7 Å². The molecule has 1 aromatic carbocycles. The topological polar surface area (TPSA) is 90.4 Å². The number of carbonyl (C=O) groups excluding carboxylic acids is 1. The third kappa shape index (κ3) is 4.40. The van der Waals surface area contributed by atoms with E-state index in [1.165, 1.54) is 5.56 Å². The number of benzene rings is 1. The van der Waals surface area contributed by atoms with E-state index in [4.69, 9.17) is 9.97 Å². The van der Waals surface area contributed by atoms with Crippen molar-refractivity contribution in [3.05, 3.63) is 42.2 Å². The Morgan fingerprint density at radius 2 is 1.69 bits per heavy atom. The molecule has 166 valence electrons. The van der Waals surface area contributed by atoms with Gasteiger partial charge in [0.05, 0.1) is 0 Å². The Morgan fingerprint density at radius 3 is 2.44 bits per heavy atom. The Balaban J connectivity index is 1.52. The second kappa shape index (κ2) is 9.56. The lowest BCUT2D eigenvalue weighted by Crippen LogP contribution is -2.46. The summed E-state index contributed by atoms with van der Waals surface area (Å²) >= 11 is 1.96. The van der Waals surface area contributed by atoms with E-state index in [0.29, 0.717) is 44.5 Å². The van der Waals surface area contributed by atoms with Gasteiger partial charge in [-0.25, -0.2) is 15.0 Å². The Bertz CT molecular complexity index is 1070. The Morgan fingerprint density at radius 1 is 0.906 bits per heavy atom. The molecule has 2 aliphatic heterocycles. The summed E-state index contributed by atoms with van der Waals surface area (Å²) in [6.07, 6.45) is 2.50. The van der Waals surface area contributed by atoms with E-state index in [2.05, 4.69) is 37.2 Å². The average Bonchev–Trinajstić information content (AvgIpc) is 2.88. The van der Waals surface area contributed by atoms with Crippen LogP contribution in [0.5, 0.6) is 0 Å². The van der Waals surface area contributed by atoms with Crippen molar-refractivity contribution in [2.75, 3.05) is 65.9 Å². The van der Waals surface area contributed by atoms with Crippen molar-refractivity contribution in [1.29, 1.82) is 0 Å². The summed E-state index contributed by atoms with van der Waals surface area (Å²) in [7, 11) is 0. The number of aromatic nitrogens is 4. The second-order valence-electron chi connectivity index (χ2n) is 7.83. The predicted molar refractivity (Wildman–Crippen MR) is 128 cm³/mol. The minimum absolute atomic E-state index is 0.653. The Hall–Kier alpha value is -3.14. The number of piperazine rings is 1. The van der Waals surface area contributed by atoms with Crippen molar-refractivity contribution < 1.29 is 4.79 Å². The molecule has 0 bridgehead atoms. The van der Waals surface area contributed by atoms with Gasteiger partial charge in [-0.1, -0.05) is 30.3 Å². The first-order valence-electron chi connectivity index (χ1n) is 10.9. The van der Waals surface area contributed by atoms with Gasteiger partial charge in [-0.05, 0) is 5.56 Å². The first kappa shape index (κ1) is 20.7. The lowest BCUT2D eigenvalue weighted by molar-refractivity contribution is -0.118. The van der Waals surface area contributed by atoms with Gasteiger partial charge in [0.1, 0.15) is 17.4 Å². The number of amides is 1. The zero-order valence-corrected chi connectivity index (χ0v) is 18.7. The molecule has 3 aromatic rings. The van der Waals surface area contributed by atoms with E-state index < -0.39 is 0 Å². The molecule has 0 aliphatic carbocycles. The monoisotopic (exact) mass is 450 g/mol. The zero-order chi connectivity index (χ0) is 21.8. The minimum atomic E-state index is 0.653. The summed E-state index contributed by atoms with van der Waals surface area (Å²) in [5.41, 5.74) is 2.68. The molecule has 0 unspecified atom stereocenters. The van der Waals surface area contributed by atoms with Crippen molar-refractivity contribution in [2.45, 2.75) is 6.54 Å². The van der Waals surface area contributed by atoms with Gasteiger partial charge in [-0.3, -0.25) is 4.79 Å². The third-order valence-electron chi connectivity index (χ3n) is 5.81. The third-order valence-corrected chi connectivity index (χ3v) is 6.75. The van der Waals surface area contributed by atoms with E-state index in [1.807, 2.05) is 30.0 Å². The van der Waals surface area contributed by atoms with Gasteiger partial charge in [-0.15, -0.1) is 0 Å². The number of hydrogen-bond acceptors (Lipinski definition) is 9. The highest BCUT2D eigenvalue weighted by atomic mass is 32.2. The van der Waals surface area contributed by atoms with Gasteiger partial charge in [0.2, 0.25) is 12.4 Å². The van der Waals surface area contributed by atoms with Crippen molar-refractivity contribution in [3.8, 4) is 0 Å². The molecule has 5 rings (SSSR count). The van der Waals surface area contributed by atoms with E-state index in [1.54, 1.807) is 11.2 Å². The molecular weight excluding hydrogens is 424 g/mol. The van der Waals surface area contributed by atoms with Crippen LogP contribution in [0.15, 0.2) is 36.7 Å². The minimum Gasteiger partial charge on any atom is -0.364 e. The molecule has 1 N–H and O–H groups in total. The summed E-state index contributed by atoms with van der Waals surface area (Å²) in [5, 5.41) is 3.44. The van der Waals surface area contributed by atoms with E-state index >= 15 is 0 Å². The number of nitrogens with zero attached hydrogens (tertiary/aromatic N) is 7. The molecule has 1 amide bonds. The number of anilines is 3. The highest BCUT2D eigenvalue weighted by molar-refractivity contribution is 7.99. The molecule has 32 heavy (non-hydrogen) atoms. The van der Waals surface area contributed by atoms with Gasteiger partial charge in [0, 0.05) is 57.3 Å². The number of carbonyl (C=O) groups is 1. The van der Waals surface area contributed by atoms with Crippen LogP contribution in [0.25, 0.3) is 11.0 Å². The molecular formula is C22H26N8OS. The molecule has 0 spiro atoms. The smallest absolute Gasteiger partial charge is 0.228 e. The molecule has 9 nitrogen and oxygen atoms in total. The van der Waals surface area contributed by atoms with Crippen molar-refractivity contribution in [1.82, 2.24) is 24.8 Å². The molecule has 2 saturated heterocycles. The molecule has 2 fully saturated rings. The lowest BCUT2D eigenvalue weighted by atomic mass is 10.2. The van der Waals surface area contributed by atoms with Crippen LogP contribution >= 0.6 is 11.8 Å². The molecule has 0 saturated carbocycles. The average molecular weight is 451 g/mol. The first-order valence-corrected chi connectivity index (χ1v) is 12.0. The summed E-state index contributed by atoms with van der Waals surface area (Å²) in [6.45, 7) is 5.29. The fourth-order valence-electron chi connectivity index (χ4n) is 4.00. The van der Waals surface area contributed by atoms with Crippen LogP contribution in [-0.2, 0) is 11.3 Å². The molecule has 2 aliphatic rings. The van der Waals surface area contributed by atoms with Gasteiger partial charge < -0.3 is 20.0 Å². The predicted octanol–water partition coefficient (Wildman–Crippen LogP) is 1.86. The molecule has 4 heterocycles. The van der Waals surface area contributed by atoms with Crippen LogP contribution in [0.1, 0.15) is 5.56 Å². The highest BCUT2D eigenvalue weighted by Gasteiger charge is 2.24. The molecule has 0 radical (unpaired) electrons. The van der Waals surface area contributed by atoms with Crippen molar-refractivity contribution in [2.24, 2.45) is 0 Å². The number of rotatable bonds is 6. The number of nitrogens with one attached hydrogen (secondary N) is 1. The standard InChI is InChI=1S/C22H26N8OS/c31-16-28-6-8-30(9-7-28)22-26-18-19(21(27-22)29-10-12-32-13-11-29)24-15-25-20(18)23-14-17-4-2-1-3-5-17/h1-5,15-16H,6-14H2,(H,23,24,25). The summed E-state index contributed by atoms with van der Waals surface area (Å²) in [4.78, 5) is 36.3. The van der Waals surface area contributed by atoms with Crippen molar-refractivity contribution in [3.63, 3.8) is 0 Å². The second-order valence-corrected chi connectivity index (χ2v) is 9.06. The van der Waals surface area contributed by atoms with Gasteiger partial charge >= 0.3 is 0 Å². The molecule has 2 aromatic heterocycles. The zero-order valence-electron chi connectivity index (χ0n) is 17.9. The van der Waals surface area contributed by atoms with Crippen molar-refractivity contribution >= 4 is 46.8 Å². The van der Waals surface area contributed by atoms with Crippen LogP contribution < -0.4 is 15.1 Å². The first-order chi connectivity index (χ1) is 15.8. The van der Waals surface area contributed by atoms with Crippen LogP contribution in [0, 0.1) is 0 Å². The van der Waals surface area contributed by atoms with Crippen LogP contribution in [0.4, 0.5) is 17.6 Å². The summed E-state index contributed by atoms with van der Waals surface area (Å²) in [5.74, 6) is 4.40.